The van der Waals surface area contributed by atoms with E-state index in [0.717, 1.165) is 29.7 Å². The molecule has 4 nitrogen and oxygen atoms in total. The van der Waals surface area contributed by atoms with Crippen LogP contribution >= 0.6 is 15.9 Å². The summed E-state index contributed by atoms with van der Waals surface area (Å²) in [5, 5.41) is 13.1. The first-order valence-electron chi connectivity index (χ1n) is 7.11. The quantitative estimate of drug-likeness (QED) is 0.889. The molecule has 2 heterocycles. The first-order valence-corrected chi connectivity index (χ1v) is 7.90. The van der Waals surface area contributed by atoms with Crippen molar-refractivity contribution in [2.45, 2.75) is 37.3 Å². The Morgan fingerprint density at radius 2 is 2.20 bits per heavy atom. The second kappa shape index (κ2) is 5.37. The number of aliphatic carboxylic acids is 1. The van der Waals surface area contributed by atoms with Crippen LogP contribution in [0.2, 0.25) is 0 Å². The summed E-state index contributed by atoms with van der Waals surface area (Å²) >= 11 is 3.49. The molecule has 0 bridgehead atoms. The number of carbonyl (C=O) groups is 1. The number of para-hydroxylation sites is 1. The zero-order valence-electron chi connectivity index (χ0n) is 11.3. The maximum atomic E-state index is 11.9. The molecule has 1 aromatic carbocycles. The minimum Gasteiger partial charge on any atom is -0.480 e. The van der Waals surface area contributed by atoms with E-state index in [1.807, 2.05) is 24.3 Å². The van der Waals surface area contributed by atoms with Gasteiger partial charge < -0.3 is 15.3 Å². The summed E-state index contributed by atoms with van der Waals surface area (Å²) in [6.07, 6.45) is 3.64. The fraction of sp³-hybridized carbons (Fsp3) is 0.533. The summed E-state index contributed by atoms with van der Waals surface area (Å²) in [7, 11) is 0. The smallest absolute Gasteiger partial charge is 0.329 e. The Bertz CT molecular complexity index is 522. The van der Waals surface area contributed by atoms with Gasteiger partial charge in [0.15, 0.2) is 0 Å². The summed E-state index contributed by atoms with van der Waals surface area (Å²) in [5.41, 5.74) is 0.0244. The number of nitrogens with one attached hydrogen (secondary N) is 1. The third kappa shape index (κ3) is 2.44. The number of rotatable bonds is 3. The van der Waals surface area contributed by atoms with Crippen molar-refractivity contribution in [3.63, 3.8) is 0 Å². The predicted molar refractivity (Wildman–Crippen MR) is 82.0 cm³/mol. The van der Waals surface area contributed by atoms with Crippen LogP contribution in [0.1, 0.15) is 25.7 Å². The summed E-state index contributed by atoms with van der Waals surface area (Å²) in [6, 6.07) is 8.13. The number of benzene rings is 1. The van der Waals surface area contributed by atoms with Crippen LogP contribution in [0.5, 0.6) is 0 Å². The van der Waals surface area contributed by atoms with E-state index in [-0.39, 0.29) is 0 Å². The van der Waals surface area contributed by atoms with Crippen LogP contribution in [0.3, 0.4) is 0 Å². The van der Waals surface area contributed by atoms with Gasteiger partial charge in [0.05, 0.1) is 0 Å². The summed E-state index contributed by atoms with van der Waals surface area (Å²) in [4.78, 5) is 14.3. The van der Waals surface area contributed by atoms with Gasteiger partial charge in [-0.3, -0.25) is 0 Å². The SMILES string of the molecule is O=C(O)C1(Nc2ccccc2Br)CCN2CCCC2C1. The van der Waals surface area contributed by atoms with Gasteiger partial charge in [-0.1, -0.05) is 12.1 Å². The Kier molecular flexibility index (Phi) is 3.73. The van der Waals surface area contributed by atoms with Gasteiger partial charge in [0.2, 0.25) is 0 Å². The molecule has 20 heavy (non-hydrogen) atoms. The minimum atomic E-state index is -0.838. The largest absolute Gasteiger partial charge is 0.480 e. The molecule has 108 valence electrons. The molecule has 2 fully saturated rings. The molecule has 0 radical (unpaired) electrons. The lowest BCUT2D eigenvalue weighted by Gasteiger charge is -2.42. The molecule has 2 saturated heterocycles. The molecular weight excluding hydrogens is 320 g/mol. The zero-order valence-corrected chi connectivity index (χ0v) is 12.9. The Hall–Kier alpha value is -1.07. The highest BCUT2D eigenvalue weighted by Gasteiger charge is 2.46. The lowest BCUT2D eigenvalue weighted by molar-refractivity contribution is -0.144. The fourth-order valence-electron chi connectivity index (χ4n) is 3.44. The molecule has 1 aromatic rings. The molecule has 2 atom stereocenters. The minimum absolute atomic E-state index is 0.412. The fourth-order valence-corrected chi connectivity index (χ4v) is 3.82. The summed E-state index contributed by atoms with van der Waals surface area (Å²) in [6.45, 7) is 1.99. The van der Waals surface area contributed by atoms with Gasteiger partial charge in [-0.05, 0) is 60.3 Å². The van der Waals surface area contributed by atoms with Crippen molar-refractivity contribution >= 4 is 27.6 Å². The average Bonchev–Trinajstić information content (AvgIpc) is 2.88. The van der Waals surface area contributed by atoms with Gasteiger partial charge in [-0.2, -0.15) is 0 Å². The number of carboxylic acids is 1. The molecule has 0 saturated carbocycles. The van der Waals surface area contributed by atoms with Gasteiger partial charge in [0, 0.05) is 22.7 Å². The van der Waals surface area contributed by atoms with Crippen LogP contribution < -0.4 is 5.32 Å². The van der Waals surface area contributed by atoms with Crippen LogP contribution in [0.4, 0.5) is 5.69 Å². The molecular formula is C15H19BrN2O2. The van der Waals surface area contributed by atoms with Crippen molar-refractivity contribution in [2.24, 2.45) is 0 Å². The van der Waals surface area contributed by atoms with E-state index in [1.165, 1.54) is 6.42 Å². The Labute approximate surface area is 127 Å². The maximum Gasteiger partial charge on any atom is 0.329 e. The lowest BCUT2D eigenvalue weighted by atomic mass is 9.83. The number of halogens is 1. The Morgan fingerprint density at radius 1 is 1.40 bits per heavy atom. The highest BCUT2D eigenvalue weighted by Crippen LogP contribution is 2.37. The highest BCUT2D eigenvalue weighted by atomic mass is 79.9. The van der Waals surface area contributed by atoms with Crippen LogP contribution in [0.25, 0.3) is 0 Å². The number of carboxylic acid groups (broad SMARTS) is 1. The number of hydrogen-bond acceptors (Lipinski definition) is 3. The highest BCUT2D eigenvalue weighted by molar-refractivity contribution is 9.10. The monoisotopic (exact) mass is 338 g/mol. The second-order valence-corrected chi connectivity index (χ2v) is 6.63. The zero-order chi connectivity index (χ0) is 14.2. The third-order valence-electron chi connectivity index (χ3n) is 4.57. The Morgan fingerprint density at radius 3 is 2.95 bits per heavy atom. The van der Waals surface area contributed by atoms with Gasteiger partial charge in [-0.15, -0.1) is 0 Å². The maximum absolute atomic E-state index is 11.9. The average molecular weight is 339 g/mol. The first-order chi connectivity index (χ1) is 9.61. The van der Waals surface area contributed by atoms with E-state index >= 15 is 0 Å². The summed E-state index contributed by atoms with van der Waals surface area (Å²) in [5.74, 6) is -0.736. The molecule has 0 spiro atoms. The van der Waals surface area contributed by atoms with Crippen molar-refractivity contribution in [2.75, 3.05) is 18.4 Å². The number of piperidine rings is 1. The molecule has 0 amide bonds. The standard InChI is InChI=1S/C15H19BrN2O2/c16-12-5-1-2-6-13(12)17-15(14(19)20)7-9-18-8-3-4-11(18)10-15/h1-2,5-6,11,17H,3-4,7-10H2,(H,19,20). The first kappa shape index (κ1) is 13.9. The molecule has 5 heteroatoms. The molecule has 2 aliphatic heterocycles. The summed E-state index contributed by atoms with van der Waals surface area (Å²) < 4.78 is 0.912. The van der Waals surface area contributed by atoms with Crippen molar-refractivity contribution in [1.82, 2.24) is 4.90 Å². The van der Waals surface area contributed by atoms with Gasteiger partial charge in [0.25, 0.3) is 0 Å². The van der Waals surface area contributed by atoms with Crippen molar-refractivity contribution in [3.05, 3.63) is 28.7 Å². The van der Waals surface area contributed by atoms with Gasteiger partial charge in [0.1, 0.15) is 5.54 Å². The van der Waals surface area contributed by atoms with E-state index < -0.39 is 11.5 Å². The third-order valence-corrected chi connectivity index (χ3v) is 5.26. The van der Waals surface area contributed by atoms with Crippen molar-refractivity contribution in [1.29, 1.82) is 0 Å². The lowest BCUT2D eigenvalue weighted by Crippen LogP contribution is -2.56. The van der Waals surface area contributed by atoms with Crippen LogP contribution in [0, 0.1) is 0 Å². The second-order valence-electron chi connectivity index (χ2n) is 5.78. The van der Waals surface area contributed by atoms with Gasteiger partial charge in [-0.25, -0.2) is 4.79 Å². The van der Waals surface area contributed by atoms with Gasteiger partial charge >= 0.3 is 5.97 Å². The van der Waals surface area contributed by atoms with Crippen LogP contribution in [0.15, 0.2) is 28.7 Å². The normalized spacial score (nSPS) is 29.9. The molecule has 2 N–H and O–H groups in total. The Balaban J connectivity index is 1.85. The van der Waals surface area contributed by atoms with Crippen LogP contribution in [-0.2, 0) is 4.79 Å². The van der Waals surface area contributed by atoms with Crippen LogP contribution in [-0.4, -0.2) is 40.6 Å². The topological polar surface area (TPSA) is 52.6 Å². The number of anilines is 1. The molecule has 0 aliphatic carbocycles. The van der Waals surface area contributed by atoms with E-state index in [0.29, 0.717) is 18.9 Å². The predicted octanol–water partition coefficient (Wildman–Crippen LogP) is 2.94. The van der Waals surface area contributed by atoms with E-state index in [9.17, 15) is 9.90 Å². The molecule has 2 unspecified atom stereocenters. The molecule has 0 aromatic heterocycles. The number of hydrogen-bond donors (Lipinski definition) is 2. The van der Waals surface area contributed by atoms with E-state index in [1.54, 1.807) is 0 Å². The number of fused-ring (bicyclic) bond motifs is 1. The van der Waals surface area contributed by atoms with Crippen molar-refractivity contribution < 1.29 is 9.90 Å². The van der Waals surface area contributed by atoms with E-state index in [4.69, 9.17) is 0 Å². The number of nitrogens with zero attached hydrogens (tertiary/aromatic N) is 1. The van der Waals surface area contributed by atoms with Crippen molar-refractivity contribution in [3.8, 4) is 0 Å². The molecule has 2 aliphatic rings. The van der Waals surface area contributed by atoms with E-state index in [2.05, 4.69) is 26.1 Å². The molecule has 3 rings (SSSR count).